The molecule has 0 saturated heterocycles. The zero-order valence-corrected chi connectivity index (χ0v) is 10.6. The zero-order valence-electron chi connectivity index (χ0n) is 9.08. The number of aromatic nitrogens is 1. The van der Waals surface area contributed by atoms with Crippen LogP contribution in [0.4, 0.5) is 0 Å². The van der Waals surface area contributed by atoms with Gasteiger partial charge in [-0.3, -0.25) is 9.78 Å². The first-order valence-electron chi connectivity index (χ1n) is 5.00. The fourth-order valence-electron chi connectivity index (χ4n) is 1.52. The number of benzene rings is 1. The number of hydrogen-bond acceptors (Lipinski definition) is 2. The molecule has 0 aliphatic carbocycles. The first kappa shape index (κ1) is 12.1. The first-order valence-corrected chi connectivity index (χ1v) is 5.75. The Morgan fingerprint density at radius 2 is 1.94 bits per heavy atom. The largest absolute Gasteiger partial charge is 0.289 e. The Labute approximate surface area is 109 Å². The fourth-order valence-corrected chi connectivity index (χ4v) is 1.82. The van der Waals surface area contributed by atoms with Gasteiger partial charge in [0.1, 0.15) is 0 Å². The van der Waals surface area contributed by atoms with Gasteiger partial charge in [0, 0.05) is 23.5 Å². The van der Waals surface area contributed by atoms with Crippen molar-refractivity contribution in [2.24, 2.45) is 0 Å². The van der Waals surface area contributed by atoms with Gasteiger partial charge in [-0.15, -0.1) is 0 Å². The van der Waals surface area contributed by atoms with E-state index in [0.717, 1.165) is 5.56 Å². The highest BCUT2D eigenvalue weighted by molar-refractivity contribution is 6.42. The average Bonchev–Trinajstić information content (AvgIpc) is 2.32. The van der Waals surface area contributed by atoms with E-state index in [9.17, 15) is 4.79 Å². The number of nitrogens with zero attached hydrogens (tertiary/aromatic N) is 1. The summed E-state index contributed by atoms with van der Waals surface area (Å²) in [4.78, 5) is 16.2. The van der Waals surface area contributed by atoms with Gasteiger partial charge in [0.05, 0.1) is 10.0 Å². The van der Waals surface area contributed by atoms with Gasteiger partial charge in [-0.25, -0.2) is 0 Å². The van der Waals surface area contributed by atoms with E-state index in [1.54, 1.807) is 36.7 Å². The maximum Gasteiger partial charge on any atom is 0.193 e. The lowest BCUT2D eigenvalue weighted by Gasteiger charge is -2.05. The van der Waals surface area contributed by atoms with Crippen molar-refractivity contribution < 1.29 is 4.79 Å². The van der Waals surface area contributed by atoms with Crippen LogP contribution in [0.15, 0.2) is 36.7 Å². The van der Waals surface area contributed by atoms with Crippen LogP contribution in [0.5, 0.6) is 0 Å². The minimum Gasteiger partial charge on any atom is -0.289 e. The Balaban J connectivity index is 2.44. The molecule has 2 rings (SSSR count). The summed E-state index contributed by atoms with van der Waals surface area (Å²) in [5.41, 5.74) is 1.98. The molecule has 0 fully saturated rings. The van der Waals surface area contributed by atoms with Crippen molar-refractivity contribution in [3.63, 3.8) is 0 Å². The van der Waals surface area contributed by atoms with Crippen LogP contribution >= 0.6 is 23.2 Å². The van der Waals surface area contributed by atoms with E-state index in [4.69, 9.17) is 23.2 Å². The number of carbonyl (C=O) groups excluding carboxylic acids is 1. The van der Waals surface area contributed by atoms with Crippen molar-refractivity contribution in [1.29, 1.82) is 0 Å². The standard InChI is InChI=1S/C13H9Cl2NO/c1-8-7-16-5-4-10(8)13(17)9-2-3-11(14)12(15)6-9/h2-7H,1H3. The second kappa shape index (κ2) is 4.86. The van der Waals surface area contributed by atoms with E-state index in [2.05, 4.69) is 4.98 Å². The van der Waals surface area contributed by atoms with Gasteiger partial charge in [-0.2, -0.15) is 0 Å². The quantitative estimate of drug-likeness (QED) is 0.771. The third kappa shape index (κ3) is 2.48. The van der Waals surface area contributed by atoms with Gasteiger partial charge in [0.15, 0.2) is 5.78 Å². The summed E-state index contributed by atoms with van der Waals surface area (Å²) in [5, 5.41) is 0.818. The molecule has 1 aromatic carbocycles. The molecule has 0 bridgehead atoms. The number of aryl methyl sites for hydroxylation is 1. The van der Waals surface area contributed by atoms with Crippen molar-refractivity contribution in [2.75, 3.05) is 0 Å². The maximum absolute atomic E-state index is 12.2. The Bertz CT molecular complexity index is 581. The molecule has 0 N–H and O–H groups in total. The normalized spacial score (nSPS) is 10.3. The molecule has 0 aliphatic rings. The lowest BCUT2D eigenvalue weighted by Crippen LogP contribution is -2.03. The third-order valence-electron chi connectivity index (χ3n) is 2.45. The summed E-state index contributed by atoms with van der Waals surface area (Å²) < 4.78 is 0. The molecule has 4 heteroatoms. The molecule has 86 valence electrons. The van der Waals surface area contributed by atoms with Gasteiger partial charge in [-0.05, 0) is 36.8 Å². The van der Waals surface area contributed by atoms with Crippen molar-refractivity contribution in [3.05, 3.63) is 63.4 Å². The predicted molar refractivity (Wildman–Crippen MR) is 68.9 cm³/mol. The van der Waals surface area contributed by atoms with Crippen molar-refractivity contribution >= 4 is 29.0 Å². The topological polar surface area (TPSA) is 30.0 Å². The SMILES string of the molecule is Cc1cnccc1C(=O)c1ccc(Cl)c(Cl)c1. The van der Waals surface area contributed by atoms with Gasteiger partial charge in [-0.1, -0.05) is 23.2 Å². The Kier molecular flexibility index (Phi) is 3.46. The molecule has 0 unspecified atom stereocenters. The lowest BCUT2D eigenvalue weighted by atomic mass is 10.0. The highest BCUT2D eigenvalue weighted by atomic mass is 35.5. The highest BCUT2D eigenvalue weighted by Crippen LogP contribution is 2.24. The van der Waals surface area contributed by atoms with E-state index in [1.165, 1.54) is 0 Å². The molecule has 0 aliphatic heterocycles. The average molecular weight is 266 g/mol. The molecule has 1 heterocycles. The van der Waals surface area contributed by atoms with Crippen LogP contribution in [0.25, 0.3) is 0 Å². The molecule has 1 aromatic heterocycles. The lowest BCUT2D eigenvalue weighted by molar-refractivity contribution is 0.103. The molecular weight excluding hydrogens is 257 g/mol. The van der Waals surface area contributed by atoms with Crippen LogP contribution in [0.2, 0.25) is 10.0 Å². The summed E-state index contributed by atoms with van der Waals surface area (Å²) in [7, 11) is 0. The van der Waals surface area contributed by atoms with Crippen molar-refractivity contribution in [1.82, 2.24) is 4.98 Å². The van der Waals surface area contributed by atoms with Crippen LogP contribution in [-0.4, -0.2) is 10.8 Å². The summed E-state index contributed by atoms with van der Waals surface area (Å²) >= 11 is 11.7. The van der Waals surface area contributed by atoms with E-state index in [-0.39, 0.29) is 5.78 Å². The van der Waals surface area contributed by atoms with E-state index in [1.807, 2.05) is 6.92 Å². The minimum atomic E-state index is -0.0801. The monoisotopic (exact) mass is 265 g/mol. The molecule has 0 spiro atoms. The second-order valence-corrected chi connectivity index (χ2v) is 4.46. The summed E-state index contributed by atoms with van der Waals surface area (Å²) in [6.07, 6.45) is 3.25. The van der Waals surface area contributed by atoms with Crippen LogP contribution in [0.3, 0.4) is 0 Å². The smallest absolute Gasteiger partial charge is 0.193 e. The van der Waals surface area contributed by atoms with Crippen molar-refractivity contribution in [3.8, 4) is 0 Å². The fraction of sp³-hybridized carbons (Fsp3) is 0.0769. The number of rotatable bonds is 2. The molecule has 2 aromatic rings. The minimum absolute atomic E-state index is 0.0801. The molecule has 0 radical (unpaired) electrons. The Morgan fingerprint density at radius 3 is 2.59 bits per heavy atom. The summed E-state index contributed by atoms with van der Waals surface area (Å²) in [5.74, 6) is -0.0801. The molecule has 0 atom stereocenters. The van der Waals surface area contributed by atoms with E-state index in [0.29, 0.717) is 21.2 Å². The molecule has 0 amide bonds. The number of halogens is 2. The summed E-state index contributed by atoms with van der Waals surface area (Å²) in [6, 6.07) is 6.55. The van der Waals surface area contributed by atoms with Crippen LogP contribution < -0.4 is 0 Å². The third-order valence-corrected chi connectivity index (χ3v) is 3.19. The maximum atomic E-state index is 12.2. The number of ketones is 1. The number of pyridine rings is 1. The molecule has 2 nitrogen and oxygen atoms in total. The van der Waals surface area contributed by atoms with E-state index >= 15 is 0 Å². The number of carbonyl (C=O) groups is 1. The first-order chi connectivity index (χ1) is 8.09. The number of hydrogen-bond donors (Lipinski definition) is 0. The molecule has 0 saturated carbocycles. The van der Waals surface area contributed by atoms with E-state index < -0.39 is 0 Å². The highest BCUT2D eigenvalue weighted by Gasteiger charge is 2.12. The van der Waals surface area contributed by atoms with Crippen LogP contribution in [0, 0.1) is 6.92 Å². The van der Waals surface area contributed by atoms with Gasteiger partial charge in [0.2, 0.25) is 0 Å². The molecule has 17 heavy (non-hydrogen) atoms. The molecular formula is C13H9Cl2NO. The Hall–Kier alpha value is -1.38. The summed E-state index contributed by atoms with van der Waals surface area (Å²) in [6.45, 7) is 1.84. The second-order valence-electron chi connectivity index (χ2n) is 3.65. The van der Waals surface area contributed by atoms with Crippen LogP contribution in [0.1, 0.15) is 21.5 Å². The van der Waals surface area contributed by atoms with Crippen LogP contribution in [-0.2, 0) is 0 Å². The van der Waals surface area contributed by atoms with Gasteiger partial charge in [0.25, 0.3) is 0 Å². The zero-order chi connectivity index (χ0) is 12.4. The van der Waals surface area contributed by atoms with Gasteiger partial charge >= 0.3 is 0 Å². The predicted octanol–water partition coefficient (Wildman–Crippen LogP) is 3.93. The van der Waals surface area contributed by atoms with Crippen molar-refractivity contribution in [2.45, 2.75) is 6.92 Å². The Morgan fingerprint density at radius 1 is 1.18 bits per heavy atom. The van der Waals surface area contributed by atoms with Gasteiger partial charge < -0.3 is 0 Å².